The normalized spacial score (nSPS) is 16.1. The third kappa shape index (κ3) is 5.07. The van der Waals surface area contributed by atoms with Crippen molar-refractivity contribution < 1.29 is 0 Å². The van der Waals surface area contributed by atoms with Gasteiger partial charge in [-0.25, -0.2) is 0 Å². The molecule has 1 aromatic heterocycles. The van der Waals surface area contributed by atoms with E-state index in [2.05, 4.69) is 209 Å². The molecule has 0 amide bonds. The summed E-state index contributed by atoms with van der Waals surface area (Å²) in [5.41, 5.74) is 18.2. The molecule has 10 rings (SSSR count). The van der Waals surface area contributed by atoms with Gasteiger partial charge in [0, 0.05) is 38.8 Å². The van der Waals surface area contributed by atoms with Gasteiger partial charge in [-0.05, 0) is 123 Å². The van der Waals surface area contributed by atoms with Gasteiger partial charge in [-0.2, -0.15) is 0 Å². The first kappa shape index (κ1) is 33.7. The van der Waals surface area contributed by atoms with Crippen molar-refractivity contribution in [3.05, 3.63) is 180 Å². The van der Waals surface area contributed by atoms with E-state index in [9.17, 15) is 0 Å². The zero-order chi connectivity index (χ0) is 37.7. The van der Waals surface area contributed by atoms with Crippen LogP contribution < -0.4 is 4.90 Å². The number of fused-ring (bicyclic) bond motifs is 7. The predicted octanol–water partition coefficient (Wildman–Crippen LogP) is 14.6. The number of hydrogen-bond acceptors (Lipinski definition) is 1. The first-order chi connectivity index (χ1) is 26.5. The molecule has 7 aromatic carbocycles. The maximum Gasteiger partial charge on any atom is 0.0543 e. The topological polar surface area (TPSA) is 8.17 Å². The Bertz CT molecular complexity index is 2720. The van der Waals surface area contributed by atoms with Crippen molar-refractivity contribution >= 4 is 38.9 Å². The second kappa shape index (κ2) is 12.1. The van der Waals surface area contributed by atoms with Crippen molar-refractivity contribution in [2.45, 2.75) is 70.6 Å². The molecule has 1 heterocycles. The summed E-state index contributed by atoms with van der Waals surface area (Å²) in [7, 11) is 0. The molecular weight excluding hydrogens is 665 g/mol. The molecule has 0 radical (unpaired) electrons. The van der Waals surface area contributed by atoms with Crippen molar-refractivity contribution in [3.8, 4) is 27.9 Å². The summed E-state index contributed by atoms with van der Waals surface area (Å²) in [6, 6.07) is 58.9. The van der Waals surface area contributed by atoms with Gasteiger partial charge in [0.2, 0.25) is 0 Å². The molecule has 2 nitrogen and oxygen atoms in total. The summed E-state index contributed by atoms with van der Waals surface area (Å²) in [6.07, 6.45) is 2.34. The monoisotopic (exact) mass is 712 g/mol. The SMILES string of the molecule is CC1(C)CCC(C)(C)c2c(-c3cc4c(cc3N(c3ccccc3)c3ccc(-n5c6ccccc6c6ccccc65)cc3)C(C)(C)c3ccccc3-4)cccc21. The van der Waals surface area contributed by atoms with Crippen molar-refractivity contribution in [2.24, 2.45) is 0 Å². The van der Waals surface area contributed by atoms with Crippen molar-refractivity contribution in [3.63, 3.8) is 0 Å². The van der Waals surface area contributed by atoms with Crippen LogP contribution in [0.15, 0.2) is 158 Å². The van der Waals surface area contributed by atoms with Crippen LogP contribution in [0.25, 0.3) is 49.7 Å². The molecule has 0 atom stereocenters. The van der Waals surface area contributed by atoms with Crippen LogP contribution in [0, 0.1) is 0 Å². The number of hydrogen-bond donors (Lipinski definition) is 0. The van der Waals surface area contributed by atoms with E-state index in [-0.39, 0.29) is 16.2 Å². The van der Waals surface area contributed by atoms with E-state index in [1.165, 1.54) is 78.4 Å². The van der Waals surface area contributed by atoms with E-state index in [1.807, 2.05) is 0 Å². The molecule has 8 aromatic rings. The Morgan fingerprint density at radius 1 is 0.436 bits per heavy atom. The fourth-order valence-electron chi connectivity index (χ4n) is 10.0. The summed E-state index contributed by atoms with van der Waals surface area (Å²) in [5, 5.41) is 2.55. The molecule has 0 fully saturated rings. The van der Waals surface area contributed by atoms with E-state index in [1.54, 1.807) is 0 Å². The van der Waals surface area contributed by atoms with Crippen molar-refractivity contribution in [2.75, 3.05) is 4.90 Å². The highest BCUT2D eigenvalue weighted by molar-refractivity contribution is 6.09. The predicted molar refractivity (Wildman–Crippen MR) is 234 cm³/mol. The minimum atomic E-state index is -0.140. The Morgan fingerprint density at radius 3 is 1.71 bits per heavy atom. The van der Waals surface area contributed by atoms with Gasteiger partial charge in [0.1, 0.15) is 0 Å². The Morgan fingerprint density at radius 2 is 1.00 bits per heavy atom. The zero-order valence-electron chi connectivity index (χ0n) is 32.8. The third-order valence-corrected chi connectivity index (χ3v) is 13.0. The number of benzene rings is 7. The largest absolute Gasteiger partial charge is 0.310 e. The van der Waals surface area contributed by atoms with Crippen LogP contribution in [0.2, 0.25) is 0 Å². The van der Waals surface area contributed by atoms with Gasteiger partial charge in [0.25, 0.3) is 0 Å². The fourth-order valence-corrected chi connectivity index (χ4v) is 10.0. The quantitative estimate of drug-likeness (QED) is 0.172. The van der Waals surface area contributed by atoms with Crippen LogP contribution in [0.5, 0.6) is 0 Å². The van der Waals surface area contributed by atoms with E-state index in [0.29, 0.717) is 0 Å². The molecule has 0 bridgehead atoms. The molecule has 0 spiro atoms. The Kier molecular flexibility index (Phi) is 7.39. The average molecular weight is 713 g/mol. The highest BCUT2D eigenvalue weighted by Crippen LogP contribution is 2.56. The lowest BCUT2D eigenvalue weighted by molar-refractivity contribution is 0.333. The second-order valence-electron chi connectivity index (χ2n) is 17.6. The van der Waals surface area contributed by atoms with Crippen LogP contribution in [0.1, 0.15) is 76.6 Å². The third-order valence-electron chi connectivity index (χ3n) is 13.0. The first-order valence-electron chi connectivity index (χ1n) is 19.9. The van der Waals surface area contributed by atoms with E-state index in [0.717, 1.165) is 23.5 Å². The lowest BCUT2D eigenvalue weighted by atomic mass is 9.61. The number of nitrogens with zero attached hydrogens (tertiary/aromatic N) is 2. The van der Waals surface area contributed by atoms with Crippen molar-refractivity contribution in [1.29, 1.82) is 0 Å². The van der Waals surface area contributed by atoms with Crippen LogP contribution >= 0.6 is 0 Å². The minimum Gasteiger partial charge on any atom is -0.310 e. The lowest BCUT2D eigenvalue weighted by Crippen LogP contribution is -2.34. The smallest absolute Gasteiger partial charge is 0.0543 e. The summed E-state index contributed by atoms with van der Waals surface area (Å²) < 4.78 is 2.40. The average Bonchev–Trinajstić information content (AvgIpc) is 3.65. The number of para-hydroxylation sites is 3. The summed E-state index contributed by atoms with van der Waals surface area (Å²) in [4.78, 5) is 2.50. The van der Waals surface area contributed by atoms with Gasteiger partial charge in [-0.15, -0.1) is 0 Å². The van der Waals surface area contributed by atoms with Crippen LogP contribution in [0.3, 0.4) is 0 Å². The first-order valence-corrected chi connectivity index (χ1v) is 19.9. The standard InChI is InChI=1S/C53H48N2/c1-51(2)31-32-52(3,4)50-41(22-16-24-45(50)51)43-33-42-38-19-10-13-23-44(38)53(5,6)46(42)34-49(43)54(35-17-8-7-9-18-35)36-27-29-37(30-28-36)55-47-25-14-11-20-39(47)40-21-12-15-26-48(40)55/h7-30,33-34H,31-32H2,1-6H3. The van der Waals surface area contributed by atoms with Gasteiger partial charge in [-0.3, -0.25) is 0 Å². The molecule has 0 saturated carbocycles. The number of rotatable bonds is 5. The van der Waals surface area contributed by atoms with Gasteiger partial charge in [-0.1, -0.05) is 139 Å². The number of anilines is 3. The lowest BCUT2D eigenvalue weighted by Gasteiger charge is -2.43. The Hall–Kier alpha value is -5.86. The molecule has 2 aliphatic carbocycles. The maximum absolute atomic E-state index is 2.54. The van der Waals surface area contributed by atoms with Crippen LogP contribution in [-0.4, -0.2) is 4.57 Å². The number of aromatic nitrogens is 1. The molecular formula is C53H48N2. The van der Waals surface area contributed by atoms with Crippen LogP contribution in [-0.2, 0) is 16.2 Å². The van der Waals surface area contributed by atoms with Gasteiger partial charge in [0.15, 0.2) is 0 Å². The van der Waals surface area contributed by atoms with E-state index >= 15 is 0 Å². The molecule has 55 heavy (non-hydrogen) atoms. The zero-order valence-corrected chi connectivity index (χ0v) is 32.8. The minimum absolute atomic E-state index is 0.0381. The molecule has 0 unspecified atom stereocenters. The molecule has 0 saturated heterocycles. The Labute approximate surface area is 325 Å². The summed E-state index contributed by atoms with van der Waals surface area (Å²) >= 11 is 0. The van der Waals surface area contributed by atoms with Gasteiger partial charge in [0.05, 0.1) is 16.7 Å². The second-order valence-corrected chi connectivity index (χ2v) is 17.6. The summed E-state index contributed by atoms with van der Waals surface area (Å²) in [6.45, 7) is 14.6. The van der Waals surface area contributed by atoms with Gasteiger partial charge < -0.3 is 9.47 Å². The molecule has 270 valence electrons. The summed E-state index contributed by atoms with van der Waals surface area (Å²) in [5.74, 6) is 0. The molecule has 2 heteroatoms. The van der Waals surface area contributed by atoms with Crippen LogP contribution in [0.4, 0.5) is 17.1 Å². The molecule has 2 aliphatic rings. The van der Waals surface area contributed by atoms with Crippen molar-refractivity contribution in [1.82, 2.24) is 4.57 Å². The van der Waals surface area contributed by atoms with Gasteiger partial charge >= 0.3 is 0 Å². The Balaban J connectivity index is 1.24. The van der Waals surface area contributed by atoms with E-state index < -0.39 is 0 Å². The molecule has 0 aliphatic heterocycles. The van der Waals surface area contributed by atoms with E-state index in [4.69, 9.17) is 0 Å². The highest BCUT2D eigenvalue weighted by atomic mass is 15.1. The fraction of sp³-hybridized carbons (Fsp3) is 0.208. The maximum atomic E-state index is 2.54. The molecule has 0 N–H and O–H groups in total. The highest BCUT2D eigenvalue weighted by Gasteiger charge is 2.41.